The molecule has 1 N–H and O–H groups in total. The molecule has 0 aromatic heterocycles. The number of amides is 1. The molecule has 0 unspecified atom stereocenters. The van der Waals surface area contributed by atoms with Gasteiger partial charge < -0.3 is 5.32 Å². The van der Waals surface area contributed by atoms with Crippen molar-refractivity contribution in [1.29, 1.82) is 0 Å². The van der Waals surface area contributed by atoms with Crippen LogP contribution in [0.4, 0.5) is 14.5 Å². The van der Waals surface area contributed by atoms with Gasteiger partial charge in [0.2, 0.25) is 0 Å². The van der Waals surface area contributed by atoms with Gasteiger partial charge in [-0.2, -0.15) is 0 Å². The number of nitrogens with one attached hydrogen (secondary N) is 1. The van der Waals surface area contributed by atoms with Crippen molar-refractivity contribution in [2.45, 2.75) is 17.6 Å². The van der Waals surface area contributed by atoms with E-state index in [2.05, 4.69) is 29.6 Å². The Balaban J connectivity index is 1.63. The van der Waals surface area contributed by atoms with Gasteiger partial charge in [0.25, 0.3) is 5.91 Å². The van der Waals surface area contributed by atoms with E-state index in [9.17, 15) is 13.6 Å². The number of hydrogen-bond acceptors (Lipinski definition) is 2. The van der Waals surface area contributed by atoms with Crippen LogP contribution in [0.5, 0.6) is 0 Å². The van der Waals surface area contributed by atoms with Crippen LogP contribution in [-0.2, 0) is 5.75 Å². The number of para-hydroxylation sites is 1. The topological polar surface area (TPSA) is 29.1 Å². The van der Waals surface area contributed by atoms with E-state index >= 15 is 0 Å². The molecule has 2 nitrogen and oxygen atoms in total. The molecule has 5 heteroatoms. The van der Waals surface area contributed by atoms with Crippen molar-refractivity contribution in [1.82, 2.24) is 0 Å². The Morgan fingerprint density at radius 2 is 1.54 bits per heavy atom. The molecule has 0 fully saturated rings. The lowest BCUT2D eigenvalue weighted by molar-refractivity contribution is 0.102. The van der Waals surface area contributed by atoms with Crippen molar-refractivity contribution in [3.63, 3.8) is 0 Å². The molecule has 0 aliphatic rings. The summed E-state index contributed by atoms with van der Waals surface area (Å²) in [6.07, 6.45) is 0. The molecule has 0 bridgehead atoms. The molecule has 0 radical (unpaired) electrons. The maximum atomic E-state index is 13.6. The lowest BCUT2D eigenvalue weighted by Gasteiger charge is -2.08. The molecule has 0 atom stereocenters. The largest absolute Gasteiger partial charge is 0.317 e. The highest BCUT2D eigenvalue weighted by molar-refractivity contribution is 7.98. The summed E-state index contributed by atoms with van der Waals surface area (Å²) in [5, 5.41) is 2.28. The van der Waals surface area contributed by atoms with Crippen LogP contribution in [0.3, 0.4) is 0 Å². The molecule has 3 aromatic rings. The van der Waals surface area contributed by atoms with E-state index in [4.69, 9.17) is 0 Å². The first kappa shape index (κ1) is 18.1. The van der Waals surface area contributed by atoms with Crippen molar-refractivity contribution in [2.75, 3.05) is 5.32 Å². The highest BCUT2D eigenvalue weighted by Gasteiger charge is 2.13. The van der Waals surface area contributed by atoms with E-state index in [-0.39, 0.29) is 0 Å². The fourth-order valence-corrected chi connectivity index (χ4v) is 3.21. The minimum absolute atomic E-state index is 0.344. The van der Waals surface area contributed by atoms with Crippen LogP contribution in [0.25, 0.3) is 0 Å². The Morgan fingerprint density at radius 1 is 0.923 bits per heavy atom. The van der Waals surface area contributed by atoms with Crippen molar-refractivity contribution in [3.8, 4) is 0 Å². The third kappa shape index (κ3) is 4.49. The number of benzene rings is 3. The second-order valence-electron chi connectivity index (χ2n) is 5.85. The fourth-order valence-electron chi connectivity index (χ4n) is 2.36. The first-order valence-corrected chi connectivity index (χ1v) is 9.05. The van der Waals surface area contributed by atoms with Crippen LogP contribution < -0.4 is 5.32 Å². The summed E-state index contributed by atoms with van der Waals surface area (Å²) < 4.78 is 27.2. The Morgan fingerprint density at radius 3 is 2.15 bits per heavy atom. The first-order chi connectivity index (χ1) is 12.5. The highest BCUT2D eigenvalue weighted by atomic mass is 32.2. The lowest BCUT2D eigenvalue weighted by Crippen LogP contribution is -2.14. The number of carbonyl (C=O) groups excluding carboxylic acids is 1. The van der Waals surface area contributed by atoms with Gasteiger partial charge in [-0.3, -0.25) is 4.79 Å². The third-order valence-electron chi connectivity index (χ3n) is 3.84. The molecule has 132 valence electrons. The number of thioether (sulfide) groups is 1. The monoisotopic (exact) mass is 369 g/mol. The molecule has 3 aromatic carbocycles. The summed E-state index contributed by atoms with van der Waals surface area (Å²) in [6.45, 7) is 2.05. The SMILES string of the molecule is Cc1ccc(SCc2ccc(C(=O)Nc3c(F)cccc3F)cc2)cc1. The maximum Gasteiger partial charge on any atom is 0.255 e. The number of carbonyl (C=O) groups is 1. The Hall–Kier alpha value is -2.66. The third-order valence-corrected chi connectivity index (χ3v) is 4.93. The van der Waals surface area contributed by atoms with Gasteiger partial charge in [-0.05, 0) is 48.9 Å². The van der Waals surface area contributed by atoms with E-state index in [1.165, 1.54) is 16.5 Å². The average Bonchev–Trinajstić information content (AvgIpc) is 2.65. The lowest BCUT2D eigenvalue weighted by atomic mass is 10.1. The molecule has 0 heterocycles. The zero-order valence-electron chi connectivity index (χ0n) is 14.1. The van der Waals surface area contributed by atoms with Crippen LogP contribution >= 0.6 is 11.8 Å². The van der Waals surface area contributed by atoms with Crippen molar-refractivity contribution in [3.05, 3.63) is 95.1 Å². The number of anilines is 1. The van der Waals surface area contributed by atoms with E-state index in [0.717, 1.165) is 23.4 Å². The minimum atomic E-state index is -0.801. The van der Waals surface area contributed by atoms with Crippen LogP contribution in [-0.4, -0.2) is 5.91 Å². The number of halogens is 2. The Bertz CT molecular complexity index is 888. The fraction of sp³-hybridized carbons (Fsp3) is 0.0952. The van der Waals surface area contributed by atoms with Crippen LogP contribution in [0.15, 0.2) is 71.6 Å². The van der Waals surface area contributed by atoms with E-state index in [1.807, 2.05) is 19.1 Å². The van der Waals surface area contributed by atoms with Gasteiger partial charge in [-0.25, -0.2) is 8.78 Å². The number of hydrogen-bond donors (Lipinski definition) is 1. The number of rotatable bonds is 5. The molecule has 0 saturated carbocycles. The molecule has 0 aliphatic carbocycles. The predicted molar refractivity (Wildman–Crippen MR) is 101 cm³/mol. The van der Waals surface area contributed by atoms with E-state index in [0.29, 0.717) is 5.56 Å². The molecule has 0 spiro atoms. The summed E-state index contributed by atoms with van der Waals surface area (Å²) in [5.41, 5.74) is 2.19. The van der Waals surface area contributed by atoms with Crippen LogP contribution in [0.1, 0.15) is 21.5 Å². The molecule has 1 amide bonds. The first-order valence-electron chi connectivity index (χ1n) is 8.07. The molecule has 0 saturated heterocycles. The van der Waals surface area contributed by atoms with E-state index < -0.39 is 23.2 Å². The van der Waals surface area contributed by atoms with Crippen LogP contribution in [0, 0.1) is 18.6 Å². The van der Waals surface area contributed by atoms with Gasteiger partial charge in [-0.15, -0.1) is 11.8 Å². The molecular formula is C21H17F2NOS. The standard InChI is InChI=1S/C21H17F2NOS/c1-14-5-11-17(12-6-14)26-13-15-7-9-16(10-8-15)21(25)24-20-18(22)3-2-4-19(20)23/h2-12H,13H2,1H3,(H,24,25). The highest BCUT2D eigenvalue weighted by Crippen LogP contribution is 2.24. The van der Waals surface area contributed by atoms with Gasteiger partial charge in [0, 0.05) is 16.2 Å². The summed E-state index contributed by atoms with van der Waals surface area (Å²) >= 11 is 1.70. The van der Waals surface area contributed by atoms with Gasteiger partial charge in [0.15, 0.2) is 0 Å². The maximum absolute atomic E-state index is 13.6. The summed E-state index contributed by atoms with van der Waals surface area (Å²) in [6, 6.07) is 18.7. The molecule has 3 rings (SSSR count). The molecular weight excluding hydrogens is 352 g/mol. The second kappa shape index (κ2) is 8.15. The number of aryl methyl sites for hydroxylation is 1. The van der Waals surface area contributed by atoms with Crippen molar-refractivity contribution >= 4 is 23.4 Å². The summed E-state index contributed by atoms with van der Waals surface area (Å²) in [4.78, 5) is 13.4. The predicted octanol–water partition coefficient (Wildman–Crippen LogP) is 5.82. The van der Waals surface area contributed by atoms with Gasteiger partial charge in [0.1, 0.15) is 17.3 Å². The molecule has 26 heavy (non-hydrogen) atoms. The van der Waals surface area contributed by atoms with Crippen molar-refractivity contribution in [2.24, 2.45) is 0 Å². The smallest absolute Gasteiger partial charge is 0.255 e. The van der Waals surface area contributed by atoms with Gasteiger partial charge in [0.05, 0.1) is 0 Å². The summed E-state index contributed by atoms with van der Waals surface area (Å²) in [5.74, 6) is -1.38. The minimum Gasteiger partial charge on any atom is -0.317 e. The second-order valence-corrected chi connectivity index (χ2v) is 6.90. The zero-order chi connectivity index (χ0) is 18.5. The van der Waals surface area contributed by atoms with Crippen LogP contribution in [0.2, 0.25) is 0 Å². The quantitative estimate of drug-likeness (QED) is 0.574. The zero-order valence-corrected chi connectivity index (χ0v) is 14.9. The summed E-state index contributed by atoms with van der Waals surface area (Å²) in [7, 11) is 0. The van der Waals surface area contributed by atoms with Crippen molar-refractivity contribution < 1.29 is 13.6 Å². The molecule has 0 aliphatic heterocycles. The van der Waals surface area contributed by atoms with E-state index in [1.54, 1.807) is 23.9 Å². The Labute approximate surface area is 155 Å². The normalized spacial score (nSPS) is 10.6. The average molecular weight is 369 g/mol. The van der Waals surface area contributed by atoms with Gasteiger partial charge in [-0.1, -0.05) is 35.9 Å². The Kier molecular flexibility index (Phi) is 5.68. The van der Waals surface area contributed by atoms with Gasteiger partial charge >= 0.3 is 0 Å².